The maximum Gasteiger partial charge on any atom is 0.243 e. The number of aryl methyl sites for hydroxylation is 1. The van der Waals surface area contributed by atoms with Crippen molar-refractivity contribution in [1.82, 2.24) is 10.6 Å². The SMILES string of the molecule is Cc1ccc(CNC(=O)[C@H](C)SC2=C(C#N)C(C)(C)[C@H](C#N)C(=O)N2)cc1. The number of nitrogens with one attached hydrogen (secondary N) is 2. The zero-order valence-electron chi connectivity index (χ0n) is 15.8. The van der Waals surface area contributed by atoms with Gasteiger partial charge in [0.1, 0.15) is 5.92 Å². The Labute approximate surface area is 163 Å². The highest BCUT2D eigenvalue weighted by Gasteiger charge is 2.45. The Morgan fingerprint density at radius 1 is 1.33 bits per heavy atom. The molecule has 1 aliphatic rings. The van der Waals surface area contributed by atoms with E-state index in [0.29, 0.717) is 17.1 Å². The summed E-state index contributed by atoms with van der Waals surface area (Å²) < 4.78 is 0. The number of hydrogen-bond acceptors (Lipinski definition) is 5. The third kappa shape index (κ3) is 4.50. The fourth-order valence-electron chi connectivity index (χ4n) is 2.78. The van der Waals surface area contributed by atoms with Gasteiger partial charge in [-0.3, -0.25) is 9.59 Å². The number of carbonyl (C=O) groups excluding carboxylic acids is 2. The lowest BCUT2D eigenvalue weighted by atomic mass is 9.72. The molecule has 7 heteroatoms. The second kappa shape index (κ2) is 8.28. The van der Waals surface area contributed by atoms with Crippen LogP contribution in [0, 0.1) is 40.9 Å². The Morgan fingerprint density at radius 2 is 1.96 bits per heavy atom. The molecule has 2 amide bonds. The topological polar surface area (TPSA) is 106 Å². The van der Waals surface area contributed by atoms with Crippen molar-refractivity contribution in [1.29, 1.82) is 10.5 Å². The van der Waals surface area contributed by atoms with Crippen LogP contribution in [0.1, 0.15) is 31.9 Å². The van der Waals surface area contributed by atoms with Crippen LogP contribution in [0.3, 0.4) is 0 Å². The highest BCUT2D eigenvalue weighted by molar-refractivity contribution is 8.04. The maximum absolute atomic E-state index is 12.4. The molecule has 0 spiro atoms. The van der Waals surface area contributed by atoms with E-state index in [9.17, 15) is 20.1 Å². The minimum absolute atomic E-state index is 0.195. The van der Waals surface area contributed by atoms with Crippen LogP contribution in [0.15, 0.2) is 34.9 Å². The molecular weight excluding hydrogens is 360 g/mol. The quantitative estimate of drug-likeness (QED) is 0.814. The first-order valence-electron chi connectivity index (χ1n) is 8.56. The summed E-state index contributed by atoms with van der Waals surface area (Å²) in [4.78, 5) is 24.6. The fourth-order valence-corrected chi connectivity index (χ4v) is 3.91. The molecule has 0 saturated carbocycles. The average molecular weight is 382 g/mol. The standard InChI is InChI=1S/C20H22N4O2S/c1-12-5-7-14(8-6-12)11-23-17(25)13(2)27-19-16(10-22)20(3,4)15(9-21)18(26)24-19/h5-8,13,15H,11H2,1-4H3,(H,23,25)(H,24,26)/t13-,15+/m0/s1. The third-order valence-electron chi connectivity index (χ3n) is 4.58. The molecule has 140 valence electrons. The summed E-state index contributed by atoms with van der Waals surface area (Å²) in [5.41, 5.74) is 1.55. The van der Waals surface area contributed by atoms with Crippen molar-refractivity contribution in [2.75, 3.05) is 0 Å². The van der Waals surface area contributed by atoms with Crippen LogP contribution in [0.2, 0.25) is 0 Å². The van der Waals surface area contributed by atoms with E-state index in [1.54, 1.807) is 20.8 Å². The molecule has 6 nitrogen and oxygen atoms in total. The molecule has 2 atom stereocenters. The lowest BCUT2D eigenvalue weighted by molar-refractivity contribution is -0.125. The fraction of sp³-hybridized carbons (Fsp3) is 0.400. The van der Waals surface area contributed by atoms with Crippen LogP contribution < -0.4 is 10.6 Å². The van der Waals surface area contributed by atoms with Gasteiger partial charge in [0.25, 0.3) is 0 Å². The summed E-state index contributed by atoms with van der Waals surface area (Å²) in [5.74, 6) is -1.58. The van der Waals surface area contributed by atoms with Gasteiger partial charge in [-0.1, -0.05) is 55.4 Å². The third-order valence-corrected chi connectivity index (χ3v) is 5.69. The Balaban J connectivity index is 2.10. The Bertz CT molecular complexity index is 859. The van der Waals surface area contributed by atoms with E-state index in [4.69, 9.17) is 0 Å². The van der Waals surface area contributed by atoms with Crippen LogP contribution in [0.25, 0.3) is 0 Å². The molecule has 1 aromatic rings. The highest BCUT2D eigenvalue weighted by Crippen LogP contribution is 2.42. The monoisotopic (exact) mass is 382 g/mol. The van der Waals surface area contributed by atoms with Crippen LogP contribution in [0.4, 0.5) is 0 Å². The first kappa shape index (κ1) is 20.5. The number of allylic oxidation sites excluding steroid dienone is 1. The normalized spacial score (nSPS) is 19.5. The predicted octanol–water partition coefficient (Wildman–Crippen LogP) is 2.76. The van der Waals surface area contributed by atoms with Crippen molar-refractivity contribution in [3.05, 3.63) is 46.0 Å². The number of benzene rings is 1. The van der Waals surface area contributed by atoms with Crippen LogP contribution in [-0.4, -0.2) is 17.1 Å². The summed E-state index contributed by atoms with van der Waals surface area (Å²) in [6.07, 6.45) is 0. The molecule has 2 rings (SSSR count). The molecule has 0 aromatic heterocycles. The van der Waals surface area contributed by atoms with Gasteiger partial charge in [0, 0.05) is 12.0 Å². The number of carbonyl (C=O) groups is 2. The first-order chi connectivity index (χ1) is 12.7. The Kier molecular flexibility index (Phi) is 6.30. The van der Waals surface area contributed by atoms with Gasteiger partial charge >= 0.3 is 0 Å². The number of thioether (sulfide) groups is 1. The van der Waals surface area contributed by atoms with Gasteiger partial charge in [-0.2, -0.15) is 10.5 Å². The number of amides is 2. The van der Waals surface area contributed by atoms with Crippen molar-refractivity contribution in [3.8, 4) is 12.1 Å². The lowest BCUT2D eigenvalue weighted by Gasteiger charge is -2.35. The minimum Gasteiger partial charge on any atom is -0.351 e. The van der Waals surface area contributed by atoms with E-state index in [1.165, 1.54) is 0 Å². The molecule has 0 bridgehead atoms. The summed E-state index contributed by atoms with van der Waals surface area (Å²) in [6.45, 7) is 7.51. The Hall–Kier alpha value is -2.77. The number of hydrogen-bond donors (Lipinski definition) is 2. The van der Waals surface area contributed by atoms with Crippen molar-refractivity contribution in [2.45, 2.75) is 39.5 Å². The van der Waals surface area contributed by atoms with Crippen molar-refractivity contribution in [3.63, 3.8) is 0 Å². The van der Waals surface area contributed by atoms with Crippen molar-refractivity contribution >= 4 is 23.6 Å². The van der Waals surface area contributed by atoms with E-state index in [2.05, 4.69) is 16.7 Å². The van der Waals surface area contributed by atoms with Crippen LogP contribution >= 0.6 is 11.8 Å². The molecule has 0 unspecified atom stereocenters. The van der Waals surface area contributed by atoms with E-state index in [0.717, 1.165) is 22.9 Å². The van der Waals surface area contributed by atoms with Gasteiger partial charge in [-0.15, -0.1) is 0 Å². The molecule has 2 N–H and O–H groups in total. The number of nitrogens with zero attached hydrogens (tertiary/aromatic N) is 2. The zero-order chi connectivity index (χ0) is 20.2. The molecule has 1 aliphatic heterocycles. The molecule has 0 fully saturated rings. The minimum atomic E-state index is -0.942. The van der Waals surface area contributed by atoms with E-state index in [-0.39, 0.29) is 5.91 Å². The summed E-state index contributed by atoms with van der Waals surface area (Å²) in [5, 5.41) is 24.1. The molecule has 0 radical (unpaired) electrons. The average Bonchev–Trinajstić information content (AvgIpc) is 2.60. The van der Waals surface area contributed by atoms with Gasteiger partial charge in [0.15, 0.2) is 0 Å². The molecule has 0 saturated heterocycles. The largest absolute Gasteiger partial charge is 0.351 e. The molecule has 1 heterocycles. The predicted molar refractivity (Wildman–Crippen MR) is 104 cm³/mol. The van der Waals surface area contributed by atoms with Gasteiger partial charge in [0.05, 0.1) is 28.0 Å². The number of nitriles is 2. The molecular formula is C20H22N4O2S. The van der Waals surface area contributed by atoms with Gasteiger partial charge in [-0.05, 0) is 19.4 Å². The van der Waals surface area contributed by atoms with Crippen molar-refractivity contribution in [2.24, 2.45) is 11.3 Å². The molecule has 1 aromatic carbocycles. The second-order valence-electron chi connectivity index (χ2n) is 7.05. The molecule has 27 heavy (non-hydrogen) atoms. The van der Waals surface area contributed by atoms with Crippen LogP contribution in [0.5, 0.6) is 0 Å². The van der Waals surface area contributed by atoms with Crippen molar-refractivity contribution < 1.29 is 9.59 Å². The maximum atomic E-state index is 12.4. The van der Waals surface area contributed by atoms with Gasteiger partial charge in [-0.25, -0.2) is 0 Å². The highest BCUT2D eigenvalue weighted by atomic mass is 32.2. The van der Waals surface area contributed by atoms with Crippen LogP contribution in [-0.2, 0) is 16.1 Å². The number of rotatable bonds is 5. The smallest absolute Gasteiger partial charge is 0.243 e. The first-order valence-corrected chi connectivity index (χ1v) is 9.44. The second-order valence-corrected chi connectivity index (χ2v) is 8.40. The summed E-state index contributed by atoms with van der Waals surface area (Å²) in [6, 6.07) is 11.9. The van der Waals surface area contributed by atoms with Gasteiger partial charge < -0.3 is 10.6 Å². The van der Waals surface area contributed by atoms with E-state index >= 15 is 0 Å². The summed E-state index contributed by atoms with van der Waals surface area (Å²) in [7, 11) is 0. The zero-order valence-corrected chi connectivity index (χ0v) is 16.6. The van der Waals surface area contributed by atoms with E-state index < -0.39 is 22.5 Å². The summed E-state index contributed by atoms with van der Waals surface area (Å²) >= 11 is 1.12. The Morgan fingerprint density at radius 3 is 2.52 bits per heavy atom. The molecule has 0 aliphatic carbocycles. The van der Waals surface area contributed by atoms with E-state index in [1.807, 2.05) is 37.3 Å². The lowest BCUT2D eigenvalue weighted by Crippen LogP contribution is -2.45. The van der Waals surface area contributed by atoms with Gasteiger partial charge in [0.2, 0.25) is 11.8 Å².